The van der Waals surface area contributed by atoms with Gasteiger partial charge >= 0.3 is 0 Å². The zero-order chi connectivity index (χ0) is 29.1. The predicted octanol–water partition coefficient (Wildman–Crippen LogP) is 8.97. The quantitative estimate of drug-likeness (QED) is 0.0738. The molecule has 0 heterocycles. The summed E-state index contributed by atoms with van der Waals surface area (Å²) in [6, 6.07) is 21.7. The molecule has 4 aromatic rings. The lowest BCUT2D eigenvalue weighted by atomic mass is 9.97. The van der Waals surface area contributed by atoms with Crippen LogP contribution >= 0.6 is 7.26 Å². The average Bonchev–Trinajstić information content (AvgIpc) is 3.00. The van der Waals surface area contributed by atoms with Crippen LogP contribution in [-0.4, -0.2) is 31.5 Å². The third-order valence-corrected chi connectivity index (χ3v) is 14.8. The molecule has 1 aliphatic rings. The van der Waals surface area contributed by atoms with Crippen LogP contribution < -0.4 is 14.7 Å². The molecule has 4 aromatic carbocycles. The first kappa shape index (κ1) is 31.8. The number of rotatable bonds is 12. The standard InChI is InChI=1S/C18H11BO3.C18H38P/c20-19(21)22-17-7-3-6-12-8-9-15-10-13-4-1-2-5-14(13)11-16(15)18(12)17;1-4-7-15-19(16-8-5-2,17-9-6-3)18-13-11-10-12-14-18/h1-11H;18H,4-17H2,1-3H3/q-2;+1. The summed E-state index contributed by atoms with van der Waals surface area (Å²) in [6.07, 6.45) is 21.4. The van der Waals surface area contributed by atoms with E-state index in [-0.39, 0.29) is 0 Å². The van der Waals surface area contributed by atoms with Crippen molar-refractivity contribution < 1.29 is 14.7 Å². The molecule has 1 fully saturated rings. The molecule has 0 aliphatic heterocycles. The van der Waals surface area contributed by atoms with Crippen LogP contribution in [0.1, 0.15) is 91.4 Å². The van der Waals surface area contributed by atoms with Crippen LogP contribution in [0.2, 0.25) is 0 Å². The monoisotopic (exact) mass is 571 g/mol. The Hall–Kier alpha value is -2.13. The summed E-state index contributed by atoms with van der Waals surface area (Å²) in [5, 5.41) is 27.9. The second-order valence-electron chi connectivity index (χ2n) is 12.0. The molecule has 3 nitrogen and oxygen atoms in total. The van der Waals surface area contributed by atoms with Gasteiger partial charge in [-0.15, -0.1) is 0 Å². The molecule has 220 valence electrons. The lowest BCUT2D eigenvalue weighted by Crippen LogP contribution is -2.50. The van der Waals surface area contributed by atoms with Crippen molar-refractivity contribution in [3.05, 3.63) is 66.7 Å². The first-order valence-electron chi connectivity index (χ1n) is 16.2. The van der Waals surface area contributed by atoms with E-state index in [4.69, 9.17) is 4.65 Å². The third-order valence-electron chi connectivity index (χ3n) is 9.13. The van der Waals surface area contributed by atoms with Crippen molar-refractivity contribution in [1.29, 1.82) is 0 Å². The molecule has 0 amide bonds. The maximum Gasteiger partial charge on any atom is 0.133 e. The Morgan fingerprint density at radius 2 is 1.24 bits per heavy atom. The number of hydrogen-bond acceptors (Lipinski definition) is 3. The summed E-state index contributed by atoms with van der Waals surface area (Å²) >= 11 is 0. The van der Waals surface area contributed by atoms with Crippen molar-refractivity contribution in [3.8, 4) is 5.75 Å². The Labute approximate surface area is 249 Å². The van der Waals surface area contributed by atoms with Crippen LogP contribution in [0, 0.1) is 0 Å². The molecule has 0 bridgehead atoms. The zero-order valence-corrected chi connectivity index (χ0v) is 26.5. The Balaban J connectivity index is 0.000000192. The molecule has 0 radical (unpaired) electrons. The van der Waals surface area contributed by atoms with E-state index in [1.807, 2.05) is 36.4 Å². The van der Waals surface area contributed by atoms with E-state index in [9.17, 15) is 10.0 Å². The number of hydrogen-bond donors (Lipinski definition) is 0. The van der Waals surface area contributed by atoms with E-state index in [1.165, 1.54) is 63.4 Å². The van der Waals surface area contributed by atoms with Crippen LogP contribution in [0.25, 0.3) is 32.3 Å². The molecule has 0 aromatic heterocycles. The normalized spacial score (nSPS) is 14.3. The highest BCUT2D eigenvalue weighted by Crippen LogP contribution is 2.67. The summed E-state index contributed by atoms with van der Waals surface area (Å²) in [5.41, 5.74) is 1.17. The first-order chi connectivity index (χ1) is 20.0. The molecule has 41 heavy (non-hydrogen) atoms. The maximum atomic E-state index is 10.9. The van der Waals surface area contributed by atoms with Gasteiger partial charge in [0.05, 0.1) is 24.1 Å². The fourth-order valence-corrected chi connectivity index (χ4v) is 13.0. The van der Waals surface area contributed by atoms with Gasteiger partial charge in [0, 0.05) is 12.6 Å². The van der Waals surface area contributed by atoms with Gasteiger partial charge in [0.1, 0.15) is 13.1 Å². The fraction of sp³-hybridized carbons (Fsp3) is 0.500. The van der Waals surface area contributed by atoms with Gasteiger partial charge in [0.2, 0.25) is 0 Å². The van der Waals surface area contributed by atoms with Gasteiger partial charge in [-0.1, -0.05) is 95.0 Å². The van der Waals surface area contributed by atoms with E-state index < -0.39 is 14.6 Å². The number of fused-ring (bicyclic) bond motifs is 4. The molecular weight excluding hydrogens is 522 g/mol. The second kappa shape index (κ2) is 15.9. The van der Waals surface area contributed by atoms with Crippen LogP contribution in [0.4, 0.5) is 0 Å². The van der Waals surface area contributed by atoms with Gasteiger partial charge in [0.25, 0.3) is 0 Å². The largest absolute Gasteiger partial charge is 0.860 e. The lowest BCUT2D eigenvalue weighted by molar-refractivity contribution is -0.372. The summed E-state index contributed by atoms with van der Waals surface area (Å²) in [5.74, 6) is 0.341. The van der Waals surface area contributed by atoms with Crippen LogP contribution in [0.3, 0.4) is 0 Å². The SMILES string of the molecule is CCCC[P+](CCCC)(CCCC)C1CCCCC1.[O-]B([O-])Oc1cccc2ccc3cc4ccccc4cc3c12. The van der Waals surface area contributed by atoms with Crippen molar-refractivity contribution in [2.75, 3.05) is 18.5 Å². The van der Waals surface area contributed by atoms with E-state index >= 15 is 0 Å². The van der Waals surface area contributed by atoms with Crippen LogP contribution in [0.5, 0.6) is 5.75 Å². The van der Waals surface area contributed by atoms with Crippen molar-refractivity contribution in [2.45, 2.75) is 97.1 Å². The summed E-state index contributed by atoms with van der Waals surface area (Å²) in [4.78, 5) is 0. The molecular formula is C36H49BO3P-. The molecule has 5 heteroatoms. The highest BCUT2D eigenvalue weighted by atomic mass is 31.2. The minimum absolute atomic E-state index is 0.341. The van der Waals surface area contributed by atoms with Crippen molar-refractivity contribution >= 4 is 46.9 Å². The fourth-order valence-electron chi connectivity index (χ4n) is 6.90. The van der Waals surface area contributed by atoms with Crippen molar-refractivity contribution in [1.82, 2.24) is 0 Å². The molecule has 0 spiro atoms. The molecule has 0 N–H and O–H groups in total. The Morgan fingerprint density at radius 3 is 1.83 bits per heavy atom. The summed E-state index contributed by atoms with van der Waals surface area (Å²) in [6.45, 7) is 7.15. The molecule has 0 saturated heterocycles. The predicted molar refractivity (Wildman–Crippen MR) is 178 cm³/mol. The molecule has 1 saturated carbocycles. The van der Waals surface area contributed by atoms with E-state index in [0.29, 0.717) is 5.75 Å². The Morgan fingerprint density at radius 1 is 0.683 bits per heavy atom. The van der Waals surface area contributed by atoms with Crippen LogP contribution in [-0.2, 0) is 0 Å². The summed E-state index contributed by atoms with van der Waals surface area (Å²) < 4.78 is 4.94. The third kappa shape index (κ3) is 8.25. The second-order valence-corrected chi connectivity index (χ2v) is 16.5. The minimum atomic E-state index is -2.33. The molecule has 0 atom stereocenters. The van der Waals surface area contributed by atoms with Gasteiger partial charge < -0.3 is 14.7 Å². The summed E-state index contributed by atoms with van der Waals surface area (Å²) in [7, 11) is -2.95. The van der Waals surface area contributed by atoms with E-state index in [0.717, 1.165) is 32.3 Å². The highest BCUT2D eigenvalue weighted by Gasteiger charge is 2.43. The molecule has 0 unspecified atom stereocenters. The minimum Gasteiger partial charge on any atom is -0.860 e. The van der Waals surface area contributed by atoms with Crippen molar-refractivity contribution in [2.24, 2.45) is 0 Å². The van der Waals surface area contributed by atoms with Crippen LogP contribution in [0.15, 0.2) is 66.7 Å². The van der Waals surface area contributed by atoms with Gasteiger partial charge in [-0.3, -0.25) is 0 Å². The topological polar surface area (TPSA) is 55.3 Å². The van der Waals surface area contributed by atoms with Gasteiger partial charge in [0.15, 0.2) is 0 Å². The smallest absolute Gasteiger partial charge is 0.133 e. The van der Waals surface area contributed by atoms with Gasteiger partial charge in [-0.05, 0) is 90.1 Å². The van der Waals surface area contributed by atoms with Crippen molar-refractivity contribution in [3.63, 3.8) is 0 Å². The molecule has 5 rings (SSSR count). The van der Waals surface area contributed by atoms with E-state index in [1.54, 1.807) is 43.5 Å². The lowest BCUT2D eigenvalue weighted by Gasteiger charge is -2.37. The van der Waals surface area contributed by atoms with Gasteiger partial charge in [-0.2, -0.15) is 0 Å². The number of benzene rings is 4. The maximum absolute atomic E-state index is 10.9. The number of unbranched alkanes of at least 4 members (excludes halogenated alkanes) is 3. The Bertz CT molecular complexity index is 1340. The van der Waals surface area contributed by atoms with Gasteiger partial charge in [-0.25, -0.2) is 0 Å². The average molecular weight is 572 g/mol. The first-order valence-corrected chi connectivity index (χ1v) is 18.6. The Kier molecular flexibility index (Phi) is 12.3. The highest BCUT2D eigenvalue weighted by molar-refractivity contribution is 7.76. The molecule has 1 aliphatic carbocycles. The zero-order valence-electron chi connectivity index (χ0n) is 25.6. The van der Waals surface area contributed by atoms with E-state index in [2.05, 4.69) is 39.0 Å².